The molecule has 19 heavy (non-hydrogen) atoms. The summed E-state index contributed by atoms with van der Waals surface area (Å²) in [7, 11) is 1.70. The van der Waals surface area contributed by atoms with Crippen LogP contribution in [0.1, 0.15) is 45.4 Å². The molecule has 2 fully saturated rings. The lowest BCUT2D eigenvalue weighted by Crippen LogP contribution is -2.45. The van der Waals surface area contributed by atoms with Crippen LogP contribution in [0.25, 0.3) is 0 Å². The monoisotopic (exact) mass is 270 g/mol. The van der Waals surface area contributed by atoms with Gasteiger partial charge in [-0.3, -0.25) is 4.79 Å². The first kappa shape index (κ1) is 14.9. The van der Waals surface area contributed by atoms with E-state index in [4.69, 9.17) is 14.2 Å². The molecule has 2 aliphatic heterocycles. The van der Waals surface area contributed by atoms with Crippen molar-refractivity contribution in [2.45, 2.75) is 57.2 Å². The number of hydrogen-bond donors (Lipinski definition) is 0. The predicted molar refractivity (Wildman–Crippen MR) is 72.2 cm³/mol. The van der Waals surface area contributed by atoms with E-state index < -0.39 is 0 Å². The highest BCUT2D eigenvalue weighted by Crippen LogP contribution is 2.37. The summed E-state index contributed by atoms with van der Waals surface area (Å²) in [6, 6.07) is 0. The Labute approximate surface area is 115 Å². The summed E-state index contributed by atoms with van der Waals surface area (Å²) < 4.78 is 16.6. The summed E-state index contributed by atoms with van der Waals surface area (Å²) in [5.74, 6) is 0.564. The summed E-state index contributed by atoms with van der Waals surface area (Å²) in [5.41, 5.74) is -0.0797. The van der Waals surface area contributed by atoms with Crippen molar-refractivity contribution in [2.75, 3.05) is 26.9 Å². The summed E-state index contributed by atoms with van der Waals surface area (Å²) in [4.78, 5) is 12.3. The molecule has 110 valence electrons. The van der Waals surface area contributed by atoms with Crippen molar-refractivity contribution in [3.05, 3.63) is 0 Å². The van der Waals surface area contributed by atoms with Gasteiger partial charge in [0.05, 0.1) is 11.7 Å². The number of carbonyl (C=O) groups excluding carboxylic acids is 1. The molecule has 4 nitrogen and oxygen atoms in total. The highest BCUT2D eigenvalue weighted by atomic mass is 16.5. The molecule has 0 aromatic rings. The van der Waals surface area contributed by atoms with Crippen molar-refractivity contribution in [1.29, 1.82) is 0 Å². The minimum Gasteiger partial charge on any atom is -0.382 e. The fourth-order valence-corrected chi connectivity index (χ4v) is 3.06. The number of carbonyl (C=O) groups is 1. The van der Waals surface area contributed by atoms with E-state index in [1.165, 1.54) is 0 Å². The molecule has 2 atom stereocenters. The van der Waals surface area contributed by atoms with Crippen molar-refractivity contribution in [3.63, 3.8) is 0 Å². The van der Waals surface area contributed by atoms with Crippen LogP contribution in [-0.4, -0.2) is 44.4 Å². The lowest BCUT2D eigenvalue weighted by molar-refractivity contribution is -0.157. The van der Waals surface area contributed by atoms with E-state index in [9.17, 15) is 4.79 Å². The smallest absolute Gasteiger partial charge is 0.136 e. The zero-order valence-corrected chi connectivity index (χ0v) is 12.2. The number of rotatable bonds is 5. The van der Waals surface area contributed by atoms with Gasteiger partial charge in [0.1, 0.15) is 5.78 Å². The van der Waals surface area contributed by atoms with Crippen LogP contribution in [-0.2, 0) is 19.0 Å². The van der Waals surface area contributed by atoms with E-state index in [0.717, 1.165) is 51.9 Å². The van der Waals surface area contributed by atoms with Gasteiger partial charge in [0.15, 0.2) is 0 Å². The van der Waals surface area contributed by atoms with Gasteiger partial charge in [0.25, 0.3) is 0 Å². The zero-order chi connectivity index (χ0) is 13.7. The molecule has 4 heteroatoms. The molecular weight excluding hydrogens is 244 g/mol. The second kappa shape index (κ2) is 6.82. The van der Waals surface area contributed by atoms with Crippen molar-refractivity contribution >= 4 is 5.78 Å². The average Bonchev–Trinajstić information content (AvgIpc) is 2.45. The van der Waals surface area contributed by atoms with Crippen LogP contribution in [0.15, 0.2) is 0 Å². The minimum atomic E-state index is -0.0797. The van der Waals surface area contributed by atoms with Gasteiger partial charge < -0.3 is 14.2 Å². The van der Waals surface area contributed by atoms with Crippen molar-refractivity contribution in [2.24, 2.45) is 5.92 Å². The summed E-state index contributed by atoms with van der Waals surface area (Å²) in [6.07, 6.45) is 5.26. The molecule has 0 aromatic heterocycles. The van der Waals surface area contributed by atoms with Crippen LogP contribution in [0, 0.1) is 5.92 Å². The number of methoxy groups -OCH3 is 1. The number of ketones is 1. The molecule has 2 heterocycles. The van der Waals surface area contributed by atoms with Crippen LogP contribution >= 0.6 is 0 Å². The van der Waals surface area contributed by atoms with E-state index in [1.807, 2.05) is 6.92 Å². The minimum absolute atomic E-state index is 0.0797. The van der Waals surface area contributed by atoms with Crippen LogP contribution in [0.5, 0.6) is 0 Å². The SMILES string of the molecule is COC(C)CCC(=O)C1CCOC2(CCOCC2)C1. The van der Waals surface area contributed by atoms with Crippen LogP contribution in [0.3, 0.4) is 0 Å². The first-order chi connectivity index (χ1) is 9.15. The third-order valence-corrected chi connectivity index (χ3v) is 4.55. The van der Waals surface area contributed by atoms with Crippen molar-refractivity contribution in [1.82, 2.24) is 0 Å². The lowest BCUT2D eigenvalue weighted by atomic mass is 9.78. The third-order valence-electron chi connectivity index (χ3n) is 4.55. The van der Waals surface area contributed by atoms with Crippen LogP contribution in [0.2, 0.25) is 0 Å². The Morgan fingerprint density at radius 1 is 1.37 bits per heavy atom. The van der Waals surface area contributed by atoms with E-state index in [-0.39, 0.29) is 17.6 Å². The Morgan fingerprint density at radius 2 is 2.11 bits per heavy atom. The lowest BCUT2D eigenvalue weighted by Gasteiger charge is -2.43. The average molecular weight is 270 g/mol. The quantitative estimate of drug-likeness (QED) is 0.769. The molecule has 0 radical (unpaired) electrons. The van der Waals surface area contributed by atoms with Gasteiger partial charge in [-0.15, -0.1) is 0 Å². The van der Waals surface area contributed by atoms with Crippen molar-refractivity contribution < 1.29 is 19.0 Å². The molecule has 0 saturated carbocycles. The molecule has 2 rings (SSSR count). The van der Waals surface area contributed by atoms with Gasteiger partial charge in [-0.2, -0.15) is 0 Å². The predicted octanol–water partition coefficient (Wildman–Crippen LogP) is 2.35. The normalized spacial score (nSPS) is 28.2. The second-order valence-corrected chi connectivity index (χ2v) is 5.88. The van der Waals surface area contributed by atoms with Gasteiger partial charge in [-0.1, -0.05) is 0 Å². The topological polar surface area (TPSA) is 44.8 Å². The molecule has 2 unspecified atom stereocenters. The molecule has 2 aliphatic rings. The Hall–Kier alpha value is -0.450. The summed E-state index contributed by atoms with van der Waals surface area (Å²) in [5, 5.41) is 0. The summed E-state index contributed by atoms with van der Waals surface area (Å²) in [6.45, 7) is 4.26. The van der Waals surface area contributed by atoms with E-state index in [2.05, 4.69) is 0 Å². The number of hydrogen-bond acceptors (Lipinski definition) is 4. The molecule has 0 aliphatic carbocycles. The van der Waals surface area contributed by atoms with Gasteiger partial charge in [-0.25, -0.2) is 0 Å². The Kier molecular flexibility index (Phi) is 5.37. The van der Waals surface area contributed by atoms with Crippen molar-refractivity contribution in [3.8, 4) is 0 Å². The maximum atomic E-state index is 12.3. The molecule has 0 amide bonds. The third kappa shape index (κ3) is 4.01. The van der Waals surface area contributed by atoms with Crippen LogP contribution < -0.4 is 0 Å². The molecular formula is C15H26O4. The zero-order valence-electron chi connectivity index (χ0n) is 12.2. The fourth-order valence-electron chi connectivity index (χ4n) is 3.06. The molecule has 0 aromatic carbocycles. The molecule has 1 spiro atoms. The highest BCUT2D eigenvalue weighted by Gasteiger charge is 2.40. The maximum Gasteiger partial charge on any atom is 0.136 e. The largest absolute Gasteiger partial charge is 0.382 e. The first-order valence-electron chi connectivity index (χ1n) is 7.42. The van der Waals surface area contributed by atoms with Gasteiger partial charge in [0.2, 0.25) is 0 Å². The van der Waals surface area contributed by atoms with E-state index in [0.29, 0.717) is 12.2 Å². The van der Waals surface area contributed by atoms with Gasteiger partial charge >= 0.3 is 0 Å². The Morgan fingerprint density at radius 3 is 2.79 bits per heavy atom. The number of ether oxygens (including phenoxy) is 3. The van der Waals surface area contributed by atoms with Crippen LogP contribution in [0.4, 0.5) is 0 Å². The molecule has 0 bridgehead atoms. The van der Waals surface area contributed by atoms with Gasteiger partial charge in [-0.05, 0) is 39.0 Å². The van der Waals surface area contributed by atoms with E-state index >= 15 is 0 Å². The number of Topliss-reactive ketones (excluding diaryl/α,β-unsaturated/α-hetero) is 1. The van der Waals surface area contributed by atoms with E-state index in [1.54, 1.807) is 7.11 Å². The maximum absolute atomic E-state index is 12.3. The first-order valence-corrected chi connectivity index (χ1v) is 7.42. The molecule has 2 saturated heterocycles. The fraction of sp³-hybridized carbons (Fsp3) is 0.933. The highest BCUT2D eigenvalue weighted by molar-refractivity contribution is 5.81. The Balaban J connectivity index is 1.84. The summed E-state index contributed by atoms with van der Waals surface area (Å²) >= 11 is 0. The molecule has 0 N–H and O–H groups in total. The Bertz CT molecular complexity index is 291. The second-order valence-electron chi connectivity index (χ2n) is 5.88. The standard InChI is InChI=1S/C15H26O4/c1-12(17-2)3-4-14(16)13-5-8-19-15(11-13)6-9-18-10-7-15/h12-13H,3-11H2,1-2H3. The van der Waals surface area contributed by atoms with Gasteiger partial charge in [0, 0.05) is 39.3 Å².